The van der Waals surface area contributed by atoms with Gasteiger partial charge >= 0.3 is 0 Å². The molecular formula is C13H9ClF2N4O2. The van der Waals surface area contributed by atoms with Crippen LogP contribution in [-0.2, 0) is 4.79 Å². The molecule has 2 aromatic rings. The van der Waals surface area contributed by atoms with E-state index in [4.69, 9.17) is 11.6 Å². The molecule has 2 aromatic heterocycles. The van der Waals surface area contributed by atoms with Gasteiger partial charge in [-0.1, -0.05) is 11.6 Å². The molecule has 0 atom stereocenters. The second-order valence-electron chi connectivity index (χ2n) is 4.85. The van der Waals surface area contributed by atoms with E-state index in [-0.39, 0.29) is 33.2 Å². The molecule has 1 fully saturated rings. The van der Waals surface area contributed by atoms with Crippen LogP contribution in [0.3, 0.4) is 0 Å². The highest BCUT2D eigenvalue weighted by Crippen LogP contribution is 2.31. The molecule has 0 spiro atoms. The fourth-order valence-electron chi connectivity index (χ4n) is 1.90. The largest absolute Gasteiger partial charge is 0.619 e. The average Bonchev–Trinajstić information content (AvgIpc) is 3.24. The Kier molecular flexibility index (Phi) is 3.61. The third kappa shape index (κ3) is 2.82. The summed E-state index contributed by atoms with van der Waals surface area (Å²) < 4.78 is 27.5. The summed E-state index contributed by atoms with van der Waals surface area (Å²) in [5.74, 6) is -2.34. The third-order valence-corrected chi connectivity index (χ3v) is 3.39. The van der Waals surface area contributed by atoms with E-state index in [0.717, 1.165) is 19.0 Å². The molecular weight excluding hydrogens is 318 g/mol. The molecule has 1 aliphatic carbocycles. The minimum Gasteiger partial charge on any atom is -0.619 e. The van der Waals surface area contributed by atoms with Gasteiger partial charge in [0.2, 0.25) is 29.9 Å². The highest BCUT2D eigenvalue weighted by molar-refractivity contribution is 6.32. The zero-order chi connectivity index (χ0) is 15.9. The lowest BCUT2D eigenvalue weighted by molar-refractivity contribution is -0.608. The first kappa shape index (κ1) is 14.6. The summed E-state index contributed by atoms with van der Waals surface area (Å²) in [7, 11) is 0. The van der Waals surface area contributed by atoms with Gasteiger partial charge in [0, 0.05) is 5.92 Å². The van der Waals surface area contributed by atoms with E-state index in [1.54, 1.807) is 0 Å². The van der Waals surface area contributed by atoms with Gasteiger partial charge in [-0.05, 0) is 12.8 Å². The van der Waals surface area contributed by atoms with Crippen LogP contribution in [0.25, 0.3) is 11.3 Å². The second kappa shape index (κ2) is 5.45. The number of carbonyl (C=O) groups excluding carboxylic acids is 1. The standard InChI is InChI=1S/C13H9ClF2N4O2/c14-12-11(10-7(15)4-20(22)5-8(10)16)17-3-9(18-12)19-13(21)6-1-2-6/h3-6H,1-2H2,(H,18,19,21). The van der Waals surface area contributed by atoms with Crippen molar-refractivity contribution in [1.29, 1.82) is 0 Å². The average molecular weight is 327 g/mol. The Balaban J connectivity index is 1.94. The fraction of sp³-hybridized carbons (Fsp3) is 0.231. The maximum atomic E-state index is 13.7. The molecule has 0 bridgehead atoms. The first-order valence-electron chi connectivity index (χ1n) is 6.37. The van der Waals surface area contributed by atoms with Gasteiger partial charge in [0.05, 0.1) is 11.8 Å². The summed E-state index contributed by atoms with van der Waals surface area (Å²) in [6, 6.07) is 0. The number of aromatic nitrogens is 3. The second-order valence-corrected chi connectivity index (χ2v) is 5.21. The lowest BCUT2D eigenvalue weighted by atomic mass is 10.2. The third-order valence-electron chi connectivity index (χ3n) is 3.12. The number of halogens is 3. The molecule has 9 heteroatoms. The lowest BCUT2D eigenvalue weighted by Crippen LogP contribution is -2.27. The van der Waals surface area contributed by atoms with E-state index in [0.29, 0.717) is 12.4 Å². The monoisotopic (exact) mass is 326 g/mol. The van der Waals surface area contributed by atoms with E-state index in [1.165, 1.54) is 0 Å². The van der Waals surface area contributed by atoms with Crippen LogP contribution in [0.15, 0.2) is 18.6 Å². The van der Waals surface area contributed by atoms with Crippen LogP contribution in [0.4, 0.5) is 14.6 Å². The minimum absolute atomic E-state index is 0.000269. The number of nitrogens with one attached hydrogen (secondary N) is 1. The fourth-order valence-corrected chi connectivity index (χ4v) is 2.13. The van der Waals surface area contributed by atoms with Gasteiger partial charge in [-0.25, -0.2) is 9.97 Å². The van der Waals surface area contributed by atoms with Crippen LogP contribution in [-0.4, -0.2) is 15.9 Å². The van der Waals surface area contributed by atoms with Crippen LogP contribution >= 0.6 is 11.6 Å². The first-order chi connectivity index (χ1) is 10.5. The molecule has 0 aliphatic heterocycles. The number of hydrogen-bond acceptors (Lipinski definition) is 4. The molecule has 0 radical (unpaired) electrons. The van der Waals surface area contributed by atoms with Crippen LogP contribution < -0.4 is 10.0 Å². The van der Waals surface area contributed by atoms with Crippen LogP contribution in [0.5, 0.6) is 0 Å². The summed E-state index contributed by atoms with van der Waals surface area (Å²) in [5, 5.41) is 13.2. The van der Waals surface area contributed by atoms with Crippen molar-refractivity contribution in [2.24, 2.45) is 5.92 Å². The summed E-state index contributed by atoms with van der Waals surface area (Å²) in [6.45, 7) is 0. The minimum atomic E-state index is -1.11. The van der Waals surface area contributed by atoms with Gasteiger partial charge in [0.25, 0.3) is 0 Å². The Bertz CT molecular complexity index is 745. The zero-order valence-corrected chi connectivity index (χ0v) is 11.8. The predicted molar refractivity (Wildman–Crippen MR) is 72.7 cm³/mol. The maximum Gasteiger partial charge on any atom is 0.228 e. The Morgan fingerprint density at radius 2 is 2.00 bits per heavy atom. The number of hydrogen-bond donors (Lipinski definition) is 1. The van der Waals surface area contributed by atoms with Crippen molar-refractivity contribution in [3.63, 3.8) is 0 Å². The molecule has 22 heavy (non-hydrogen) atoms. The van der Waals surface area contributed by atoms with Gasteiger partial charge in [0.15, 0.2) is 11.0 Å². The smallest absolute Gasteiger partial charge is 0.228 e. The van der Waals surface area contributed by atoms with Crippen molar-refractivity contribution in [3.05, 3.63) is 40.6 Å². The summed E-state index contributed by atoms with van der Waals surface area (Å²) >= 11 is 5.88. The van der Waals surface area contributed by atoms with Crippen molar-refractivity contribution in [2.45, 2.75) is 12.8 Å². The molecule has 0 aromatic carbocycles. The van der Waals surface area contributed by atoms with Gasteiger partial charge < -0.3 is 10.5 Å². The van der Waals surface area contributed by atoms with Crippen LogP contribution in [0.2, 0.25) is 5.15 Å². The van der Waals surface area contributed by atoms with Crippen LogP contribution in [0.1, 0.15) is 12.8 Å². The van der Waals surface area contributed by atoms with Crippen molar-refractivity contribution in [1.82, 2.24) is 9.97 Å². The normalized spacial score (nSPS) is 14.0. The van der Waals surface area contributed by atoms with Gasteiger partial charge in [-0.2, -0.15) is 13.5 Å². The number of pyridine rings is 1. The zero-order valence-electron chi connectivity index (χ0n) is 11.0. The number of anilines is 1. The number of nitrogens with zero attached hydrogens (tertiary/aromatic N) is 3. The molecule has 0 unspecified atom stereocenters. The molecule has 0 saturated heterocycles. The Morgan fingerprint density at radius 1 is 1.36 bits per heavy atom. The maximum absolute atomic E-state index is 13.7. The first-order valence-corrected chi connectivity index (χ1v) is 6.75. The van der Waals surface area contributed by atoms with Crippen molar-refractivity contribution < 1.29 is 18.3 Å². The Labute approximate surface area is 128 Å². The topological polar surface area (TPSA) is 81.8 Å². The number of amides is 1. The molecule has 1 saturated carbocycles. The highest BCUT2D eigenvalue weighted by atomic mass is 35.5. The summed E-state index contributed by atoms with van der Waals surface area (Å²) in [5.41, 5.74) is -0.800. The Morgan fingerprint density at radius 3 is 2.55 bits per heavy atom. The van der Waals surface area contributed by atoms with E-state index < -0.39 is 17.2 Å². The quantitative estimate of drug-likeness (QED) is 0.691. The molecule has 1 aliphatic rings. The molecule has 3 rings (SSSR count). The SMILES string of the molecule is O=C(Nc1cnc(-c2c(F)c[n+]([O-])cc2F)c(Cl)n1)C1CC1. The van der Waals surface area contributed by atoms with Crippen LogP contribution in [0, 0.1) is 22.8 Å². The van der Waals surface area contributed by atoms with E-state index >= 15 is 0 Å². The number of carbonyl (C=O) groups is 1. The highest BCUT2D eigenvalue weighted by Gasteiger charge is 2.30. The summed E-state index contributed by atoms with van der Waals surface area (Å²) in [6.07, 6.45) is 3.90. The van der Waals surface area contributed by atoms with Crippen molar-refractivity contribution >= 4 is 23.3 Å². The molecule has 2 heterocycles. The van der Waals surface area contributed by atoms with E-state index in [1.807, 2.05) is 0 Å². The Hall–Kier alpha value is -2.35. The lowest BCUT2D eigenvalue weighted by Gasteiger charge is -2.08. The van der Waals surface area contributed by atoms with E-state index in [9.17, 15) is 18.8 Å². The molecule has 114 valence electrons. The molecule has 1 amide bonds. The van der Waals surface area contributed by atoms with Gasteiger partial charge in [-0.3, -0.25) is 4.79 Å². The van der Waals surface area contributed by atoms with Gasteiger partial charge in [0.1, 0.15) is 5.69 Å². The van der Waals surface area contributed by atoms with Crippen molar-refractivity contribution in [2.75, 3.05) is 5.32 Å². The predicted octanol–water partition coefficient (Wildman–Crippen LogP) is 2.06. The van der Waals surface area contributed by atoms with Crippen molar-refractivity contribution in [3.8, 4) is 11.3 Å². The summed E-state index contributed by atoms with van der Waals surface area (Å²) in [4.78, 5) is 19.3. The van der Waals surface area contributed by atoms with Gasteiger partial charge in [-0.15, -0.1) is 0 Å². The molecule has 6 nitrogen and oxygen atoms in total. The number of rotatable bonds is 3. The molecule has 1 N–H and O–H groups in total. The van der Waals surface area contributed by atoms with E-state index in [2.05, 4.69) is 15.3 Å².